The molecule has 4 heterocycles. The minimum absolute atomic E-state index is 0.00307. The zero-order valence-corrected chi connectivity index (χ0v) is 35.8. The average molecular weight is 843 g/mol. The van der Waals surface area contributed by atoms with E-state index in [1.807, 2.05) is 11.0 Å². The Bertz CT molecular complexity index is 1940. The number of benzene rings is 2. The van der Waals surface area contributed by atoms with Crippen molar-refractivity contribution in [2.24, 2.45) is 0 Å². The quantitative estimate of drug-likeness (QED) is 0.111. The third-order valence-electron chi connectivity index (χ3n) is 13.2. The molecule has 13 nitrogen and oxygen atoms in total. The van der Waals surface area contributed by atoms with Crippen LogP contribution in [0.4, 0.5) is 5.69 Å². The minimum atomic E-state index is -0.279. The van der Waals surface area contributed by atoms with Crippen molar-refractivity contribution in [3.63, 3.8) is 0 Å². The van der Waals surface area contributed by atoms with Crippen LogP contribution in [0.2, 0.25) is 0 Å². The first-order valence-corrected chi connectivity index (χ1v) is 23.2. The van der Waals surface area contributed by atoms with Gasteiger partial charge < -0.3 is 39.8 Å². The number of piperidine rings is 1. The monoisotopic (exact) mass is 842 g/mol. The number of morpholine rings is 1. The van der Waals surface area contributed by atoms with E-state index in [4.69, 9.17) is 14.2 Å². The number of anilines is 1. The van der Waals surface area contributed by atoms with E-state index in [2.05, 4.69) is 49.7 Å². The number of hydrogen-bond acceptors (Lipinski definition) is 11. The van der Waals surface area contributed by atoms with Crippen LogP contribution < -0.4 is 15.4 Å². The molecule has 2 aliphatic carbocycles. The number of carbonyl (C=O) groups excluding carboxylic acids is 3. The largest absolute Gasteiger partial charge is 0.506 e. The molecule has 1 aromatic heterocycles. The van der Waals surface area contributed by atoms with Crippen molar-refractivity contribution in [1.82, 2.24) is 25.0 Å². The van der Waals surface area contributed by atoms with Gasteiger partial charge in [0.15, 0.2) is 12.4 Å². The number of fused-ring (bicyclic) bond motifs is 1. The number of amides is 3. The van der Waals surface area contributed by atoms with Crippen LogP contribution in [0.15, 0.2) is 42.6 Å². The summed E-state index contributed by atoms with van der Waals surface area (Å²) in [4.78, 5) is 50.7. The highest BCUT2D eigenvalue weighted by Crippen LogP contribution is 2.40. The highest BCUT2D eigenvalue weighted by Gasteiger charge is 2.41. The topological polar surface area (TPSA) is 146 Å². The number of ether oxygens (including phenoxy) is 3. The Labute approximate surface area is 358 Å². The molecule has 3 amide bonds. The van der Waals surface area contributed by atoms with Crippen LogP contribution in [0.25, 0.3) is 0 Å². The molecule has 0 unspecified atom stereocenters. The fraction of sp³-hybridized carbons (Fsp3) is 0.609. The number of nitrogens with zero attached hydrogens (tertiary/aromatic N) is 4. The Hall–Kier alpha value is -4.08. The number of phenols is 1. The van der Waals surface area contributed by atoms with Crippen LogP contribution in [0, 0.1) is 0 Å². The predicted octanol–water partition coefficient (Wildman–Crippen LogP) is 5.90. The molecular formula is C46H62N6O7S. The van der Waals surface area contributed by atoms with Crippen molar-refractivity contribution in [3.8, 4) is 11.5 Å². The first-order chi connectivity index (χ1) is 29.3. The molecule has 1 spiro atoms. The number of aromatic nitrogens is 1. The second-order valence-electron chi connectivity index (χ2n) is 17.3. The van der Waals surface area contributed by atoms with Gasteiger partial charge in [-0.1, -0.05) is 56.0 Å². The summed E-state index contributed by atoms with van der Waals surface area (Å²) in [7, 11) is 0. The molecule has 8 rings (SSSR count). The van der Waals surface area contributed by atoms with Crippen molar-refractivity contribution < 1.29 is 33.7 Å². The Kier molecular flexibility index (Phi) is 14.3. The molecule has 3 N–H and O–H groups in total. The minimum Gasteiger partial charge on any atom is -0.506 e. The zero-order valence-electron chi connectivity index (χ0n) is 35.0. The van der Waals surface area contributed by atoms with E-state index in [-0.39, 0.29) is 41.7 Å². The van der Waals surface area contributed by atoms with E-state index in [0.29, 0.717) is 82.7 Å². The van der Waals surface area contributed by atoms with Crippen LogP contribution in [0.1, 0.15) is 108 Å². The molecular weight excluding hydrogens is 781 g/mol. The predicted molar refractivity (Wildman–Crippen MR) is 231 cm³/mol. The highest BCUT2D eigenvalue weighted by molar-refractivity contribution is 7.13. The van der Waals surface area contributed by atoms with Crippen LogP contribution >= 0.6 is 11.3 Å². The smallest absolute Gasteiger partial charge is 0.265 e. The lowest BCUT2D eigenvalue weighted by molar-refractivity contribution is -0.135. The second kappa shape index (κ2) is 20.2. The van der Waals surface area contributed by atoms with Crippen molar-refractivity contribution >= 4 is 34.7 Å². The molecule has 3 aromatic rings. The van der Waals surface area contributed by atoms with Crippen LogP contribution in [0.3, 0.4) is 0 Å². The molecule has 0 atom stereocenters. The SMILES string of the molecule is O=C1COc2c(CCNCCN(C(=O)CCOCCc3cccc(CN4CCC5(CC4)CN(C(=O)c4cnc(C6CCC6)s4)CCO5)c3)C3CCCCC3)ccc(O)c2N1. The van der Waals surface area contributed by atoms with E-state index < -0.39 is 0 Å². The fourth-order valence-electron chi connectivity index (χ4n) is 9.42. The first kappa shape index (κ1) is 42.6. The zero-order chi connectivity index (χ0) is 41.3. The van der Waals surface area contributed by atoms with E-state index in [1.165, 1.54) is 36.8 Å². The molecule has 0 radical (unpaired) electrons. The Morgan fingerprint density at radius 3 is 2.65 bits per heavy atom. The molecule has 2 aromatic carbocycles. The molecule has 14 heteroatoms. The van der Waals surface area contributed by atoms with Crippen LogP contribution in [-0.4, -0.2) is 126 Å². The Balaban J connectivity index is 0.739. The standard InChI is InChI=1S/C46H62N6O7S/c53-38-13-12-35(43-42(38)49-40(54)31-58-43)14-19-47-20-23-52(37-10-2-1-3-11-37)41(55)16-26-57-25-15-33-6-4-7-34(28-33)30-50-21-17-46(18-22-50)32-51(24-27-59-46)45(56)39-29-48-44(60-39)36-8-5-9-36/h4,6-7,12-13,28-29,36-37,47,53H,1-3,5,8-11,14-27,30-32H2,(H,49,54). The number of phenolic OH excluding ortho intramolecular Hbond substituents is 1. The maximum atomic E-state index is 13.6. The van der Waals surface area contributed by atoms with Gasteiger partial charge in [0.1, 0.15) is 16.3 Å². The molecule has 2 saturated heterocycles. The number of nitrogens with one attached hydrogen (secondary N) is 2. The average Bonchev–Trinajstić information content (AvgIpc) is 3.72. The van der Waals surface area contributed by atoms with Crippen LogP contribution in [0.5, 0.6) is 11.5 Å². The van der Waals surface area contributed by atoms with Crippen molar-refractivity contribution in [2.75, 3.05) is 77.6 Å². The third kappa shape index (κ3) is 10.7. The number of aromatic hydroxyl groups is 1. The summed E-state index contributed by atoms with van der Waals surface area (Å²) in [5, 5.41) is 17.5. The lowest BCUT2D eigenvalue weighted by atomic mass is 9.86. The summed E-state index contributed by atoms with van der Waals surface area (Å²) in [6.07, 6.45) is 14.7. The van der Waals surface area contributed by atoms with Gasteiger partial charge in [-0.15, -0.1) is 11.3 Å². The Morgan fingerprint density at radius 1 is 1.00 bits per heavy atom. The van der Waals surface area contributed by atoms with E-state index in [1.54, 1.807) is 23.6 Å². The third-order valence-corrected chi connectivity index (χ3v) is 14.3. The summed E-state index contributed by atoms with van der Waals surface area (Å²) >= 11 is 1.59. The number of thiazole rings is 1. The van der Waals surface area contributed by atoms with Gasteiger partial charge in [-0.25, -0.2) is 4.98 Å². The lowest BCUT2D eigenvalue weighted by Gasteiger charge is -2.47. The normalized spacial score (nSPS) is 19.7. The maximum Gasteiger partial charge on any atom is 0.265 e. The number of rotatable bonds is 17. The maximum absolute atomic E-state index is 13.6. The molecule has 3 aliphatic heterocycles. The number of hydrogen-bond donors (Lipinski definition) is 3. The molecule has 0 bridgehead atoms. The van der Waals surface area contributed by atoms with Crippen molar-refractivity contribution in [1.29, 1.82) is 0 Å². The molecule has 2 saturated carbocycles. The summed E-state index contributed by atoms with van der Waals surface area (Å²) < 4.78 is 18.1. The van der Waals surface area contributed by atoms with Gasteiger partial charge in [-0.3, -0.25) is 19.3 Å². The summed E-state index contributed by atoms with van der Waals surface area (Å²) in [6, 6.07) is 12.4. The van der Waals surface area contributed by atoms with Gasteiger partial charge >= 0.3 is 0 Å². The van der Waals surface area contributed by atoms with Gasteiger partial charge in [0.25, 0.3) is 11.8 Å². The summed E-state index contributed by atoms with van der Waals surface area (Å²) in [6.45, 7) is 7.53. The van der Waals surface area contributed by atoms with E-state index in [9.17, 15) is 19.5 Å². The lowest BCUT2D eigenvalue weighted by Crippen LogP contribution is -2.57. The van der Waals surface area contributed by atoms with Gasteiger partial charge in [0, 0.05) is 51.2 Å². The molecule has 324 valence electrons. The molecule has 60 heavy (non-hydrogen) atoms. The van der Waals surface area contributed by atoms with Gasteiger partial charge in [-0.05, 0) is 80.7 Å². The van der Waals surface area contributed by atoms with Gasteiger partial charge in [0.05, 0.1) is 49.6 Å². The van der Waals surface area contributed by atoms with Crippen molar-refractivity contribution in [2.45, 2.75) is 108 Å². The van der Waals surface area contributed by atoms with E-state index in [0.717, 1.165) is 80.0 Å². The van der Waals surface area contributed by atoms with Gasteiger partial charge in [0.2, 0.25) is 5.91 Å². The molecule has 5 aliphatic rings. The first-order valence-electron chi connectivity index (χ1n) is 22.4. The summed E-state index contributed by atoms with van der Waals surface area (Å²) in [5.41, 5.74) is 3.50. The number of likely N-dealkylation sites (tertiary alicyclic amines) is 1. The number of carbonyl (C=O) groups is 3. The highest BCUT2D eigenvalue weighted by atomic mass is 32.1. The Morgan fingerprint density at radius 2 is 1.83 bits per heavy atom. The molecule has 4 fully saturated rings. The van der Waals surface area contributed by atoms with Crippen molar-refractivity contribution in [3.05, 3.63) is 69.2 Å². The second-order valence-corrected chi connectivity index (χ2v) is 18.4. The van der Waals surface area contributed by atoms with Gasteiger partial charge in [-0.2, -0.15) is 0 Å². The fourth-order valence-corrected chi connectivity index (χ4v) is 10.5. The van der Waals surface area contributed by atoms with Crippen LogP contribution in [-0.2, 0) is 38.4 Å². The summed E-state index contributed by atoms with van der Waals surface area (Å²) in [5.74, 6) is 1.05. The van der Waals surface area contributed by atoms with E-state index >= 15 is 0 Å².